The van der Waals surface area contributed by atoms with E-state index in [1.807, 2.05) is 7.05 Å². The smallest absolute Gasteiger partial charge is 0.262 e. The summed E-state index contributed by atoms with van der Waals surface area (Å²) in [4.78, 5) is 24.2. The zero-order valence-electron chi connectivity index (χ0n) is 15.0. The summed E-state index contributed by atoms with van der Waals surface area (Å²) in [6.07, 6.45) is 0.802. The quantitative estimate of drug-likeness (QED) is 0.570. The van der Waals surface area contributed by atoms with E-state index in [-0.39, 0.29) is 30.6 Å². The number of rotatable bonds is 9. The second-order valence-corrected chi connectivity index (χ2v) is 5.53. The van der Waals surface area contributed by atoms with Crippen molar-refractivity contribution in [3.05, 3.63) is 59.9 Å². The molecule has 0 saturated heterocycles. The minimum atomic E-state index is -0.526. The highest BCUT2D eigenvalue weighted by molar-refractivity contribution is 5.97. The Kier molecular flexibility index (Phi) is 9.85. The summed E-state index contributed by atoms with van der Waals surface area (Å²) in [5.74, 6) is -1.02. The van der Waals surface area contributed by atoms with Gasteiger partial charge in [-0.2, -0.15) is 0 Å². The average Bonchev–Trinajstić information content (AvgIpc) is 2.65. The first kappa shape index (κ1) is 22.4. The van der Waals surface area contributed by atoms with Crippen LogP contribution < -0.4 is 20.7 Å². The van der Waals surface area contributed by atoms with E-state index in [2.05, 4.69) is 16.0 Å². The van der Waals surface area contributed by atoms with E-state index in [1.165, 1.54) is 18.2 Å². The van der Waals surface area contributed by atoms with Crippen LogP contribution in [-0.2, 0) is 4.79 Å². The molecule has 0 unspecified atom stereocenters. The lowest BCUT2D eigenvalue weighted by Gasteiger charge is -2.12. The lowest BCUT2D eigenvalue weighted by atomic mass is 10.2. The number of anilines is 1. The number of carbonyl (C=O) groups is 2. The molecule has 8 heteroatoms. The molecule has 0 aliphatic rings. The van der Waals surface area contributed by atoms with Crippen molar-refractivity contribution < 1.29 is 18.7 Å². The molecule has 2 aromatic rings. The van der Waals surface area contributed by atoms with Gasteiger partial charge in [0.1, 0.15) is 11.6 Å². The lowest BCUT2D eigenvalue weighted by Crippen LogP contribution is -2.27. The Hall–Kier alpha value is -2.64. The Morgan fingerprint density at radius 1 is 1.04 bits per heavy atom. The third-order valence-corrected chi connectivity index (χ3v) is 3.53. The molecular weight excluding hydrogens is 373 g/mol. The summed E-state index contributed by atoms with van der Waals surface area (Å²) in [6.45, 7) is 0.995. The van der Waals surface area contributed by atoms with E-state index < -0.39 is 11.7 Å². The summed E-state index contributed by atoms with van der Waals surface area (Å²) in [5, 5.41) is 8.23. The fourth-order valence-electron chi connectivity index (χ4n) is 2.23. The normalized spacial score (nSPS) is 9.85. The molecular formula is C19H23ClFN3O3. The number of carbonyl (C=O) groups excluding carboxylic acids is 2. The van der Waals surface area contributed by atoms with Crippen LogP contribution in [0.25, 0.3) is 0 Å². The molecule has 0 radical (unpaired) electrons. The van der Waals surface area contributed by atoms with Gasteiger partial charge in [0.2, 0.25) is 0 Å². The van der Waals surface area contributed by atoms with Gasteiger partial charge >= 0.3 is 0 Å². The summed E-state index contributed by atoms with van der Waals surface area (Å²) < 4.78 is 19.0. The SMILES string of the molecule is CNCCCNC(=O)c1ccccc1OCC(=O)Nc1ccccc1F.Cl. The van der Waals surface area contributed by atoms with Crippen molar-refractivity contribution in [2.45, 2.75) is 6.42 Å². The number of nitrogens with one attached hydrogen (secondary N) is 3. The fraction of sp³-hybridized carbons (Fsp3) is 0.263. The van der Waals surface area contributed by atoms with Gasteiger partial charge in [-0.15, -0.1) is 12.4 Å². The Labute approximate surface area is 163 Å². The molecule has 0 aliphatic heterocycles. The van der Waals surface area contributed by atoms with Crippen LogP contribution in [0.5, 0.6) is 5.75 Å². The van der Waals surface area contributed by atoms with Crippen LogP contribution in [0.2, 0.25) is 0 Å². The molecule has 0 saturated carbocycles. The van der Waals surface area contributed by atoms with Crippen LogP contribution in [0.3, 0.4) is 0 Å². The number of halogens is 2. The largest absolute Gasteiger partial charge is 0.483 e. The van der Waals surface area contributed by atoms with E-state index >= 15 is 0 Å². The van der Waals surface area contributed by atoms with Crippen molar-refractivity contribution in [1.29, 1.82) is 0 Å². The first-order valence-corrected chi connectivity index (χ1v) is 8.31. The highest BCUT2D eigenvalue weighted by Crippen LogP contribution is 2.18. The predicted octanol–water partition coefficient (Wildman–Crippen LogP) is 2.60. The number of para-hydroxylation sites is 2. The predicted molar refractivity (Wildman–Crippen MR) is 105 cm³/mol. The van der Waals surface area contributed by atoms with E-state index in [0.29, 0.717) is 17.9 Å². The molecule has 2 aromatic carbocycles. The maximum absolute atomic E-state index is 13.5. The van der Waals surface area contributed by atoms with Gasteiger partial charge in [0.05, 0.1) is 11.3 Å². The second kappa shape index (κ2) is 11.9. The molecule has 0 aliphatic carbocycles. The van der Waals surface area contributed by atoms with Crippen LogP contribution in [-0.4, -0.2) is 38.6 Å². The average molecular weight is 396 g/mol. The van der Waals surface area contributed by atoms with Crippen LogP contribution >= 0.6 is 12.4 Å². The van der Waals surface area contributed by atoms with Crippen LogP contribution in [0.4, 0.5) is 10.1 Å². The fourth-order valence-corrected chi connectivity index (χ4v) is 2.23. The van der Waals surface area contributed by atoms with Gasteiger partial charge < -0.3 is 20.7 Å². The lowest BCUT2D eigenvalue weighted by molar-refractivity contribution is -0.118. The molecule has 6 nitrogen and oxygen atoms in total. The molecule has 0 fully saturated rings. The van der Waals surface area contributed by atoms with E-state index in [0.717, 1.165) is 13.0 Å². The maximum Gasteiger partial charge on any atom is 0.262 e. The van der Waals surface area contributed by atoms with Gasteiger partial charge in [-0.25, -0.2) is 4.39 Å². The summed E-state index contributed by atoms with van der Waals surface area (Å²) >= 11 is 0. The van der Waals surface area contributed by atoms with Crippen molar-refractivity contribution in [2.24, 2.45) is 0 Å². The molecule has 0 bridgehead atoms. The molecule has 0 heterocycles. The first-order valence-electron chi connectivity index (χ1n) is 8.31. The minimum Gasteiger partial charge on any atom is -0.483 e. The Bertz CT molecular complexity index is 758. The summed E-state index contributed by atoms with van der Waals surface area (Å²) in [7, 11) is 1.84. The third kappa shape index (κ3) is 7.24. The van der Waals surface area contributed by atoms with Gasteiger partial charge in [0.15, 0.2) is 6.61 Å². The maximum atomic E-state index is 13.5. The molecule has 0 atom stereocenters. The molecule has 27 heavy (non-hydrogen) atoms. The van der Waals surface area contributed by atoms with Crippen molar-refractivity contribution >= 4 is 29.9 Å². The molecule has 0 spiro atoms. The molecule has 2 rings (SSSR count). The second-order valence-electron chi connectivity index (χ2n) is 5.53. The highest BCUT2D eigenvalue weighted by atomic mass is 35.5. The van der Waals surface area contributed by atoms with Gasteiger partial charge in [0, 0.05) is 6.54 Å². The monoisotopic (exact) mass is 395 g/mol. The molecule has 146 valence electrons. The van der Waals surface area contributed by atoms with Crippen LogP contribution in [0.1, 0.15) is 16.8 Å². The topological polar surface area (TPSA) is 79.5 Å². The standard InChI is InChI=1S/C19H22FN3O3.ClH/c1-21-11-6-12-22-19(25)14-7-2-5-10-17(14)26-13-18(24)23-16-9-4-3-8-15(16)20;/h2-5,7-10,21H,6,11-13H2,1H3,(H,22,25)(H,23,24);1H. The zero-order valence-corrected chi connectivity index (χ0v) is 15.8. The van der Waals surface area contributed by atoms with Gasteiger partial charge in [-0.1, -0.05) is 24.3 Å². The number of amides is 2. The minimum absolute atomic E-state index is 0. The van der Waals surface area contributed by atoms with Crippen molar-refractivity contribution in [2.75, 3.05) is 32.1 Å². The van der Waals surface area contributed by atoms with Gasteiger partial charge in [-0.3, -0.25) is 9.59 Å². The summed E-state index contributed by atoms with van der Waals surface area (Å²) in [5.41, 5.74) is 0.423. The van der Waals surface area contributed by atoms with Crippen molar-refractivity contribution in [1.82, 2.24) is 10.6 Å². The zero-order chi connectivity index (χ0) is 18.8. The Balaban J connectivity index is 0.00000364. The number of benzene rings is 2. The van der Waals surface area contributed by atoms with Gasteiger partial charge in [0.25, 0.3) is 11.8 Å². The third-order valence-electron chi connectivity index (χ3n) is 3.53. The van der Waals surface area contributed by atoms with E-state index in [9.17, 15) is 14.0 Å². The summed E-state index contributed by atoms with van der Waals surface area (Å²) in [6, 6.07) is 12.5. The molecule has 2 amide bonds. The Morgan fingerprint density at radius 3 is 2.48 bits per heavy atom. The number of ether oxygens (including phenoxy) is 1. The van der Waals surface area contributed by atoms with Crippen LogP contribution in [0.15, 0.2) is 48.5 Å². The van der Waals surface area contributed by atoms with Crippen molar-refractivity contribution in [3.8, 4) is 5.75 Å². The first-order chi connectivity index (χ1) is 12.6. The Morgan fingerprint density at radius 2 is 1.74 bits per heavy atom. The van der Waals surface area contributed by atoms with E-state index in [4.69, 9.17) is 4.74 Å². The van der Waals surface area contributed by atoms with E-state index in [1.54, 1.807) is 30.3 Å². The van der Waals surface area contributed by atoms with Crippen molar-refractivity contribution in [3.63, 3.8) is 0 Å². The van der Waals surface area contributed by atoms with Gasteiger partial charge in [-0.05, 0) is 44.3 Å². The molecule has 3 N–H and O–H groups in total. The van der Waals surface area contributed by atoms with Crippen LogP contribution in [0, 0.1) is 5.82 Å². The highest BCUT2D eigenvalue weighted by Gasteiger charge is 2.13. The molecule has 0 aromatic heterocycles. The number of hydrogen-bond donors (Lipinski definition) is 3. The number of hydrogen-bond acceptors (Lipinski definition) is 4.